The normalized spacial score (nSPS) is 12.6. The second-order valence-electron chi connectivity index (χ2n) is 4.72. The van der Waals surface area contributed by atoms with Crippen LogP contribution in [0.25, 0.3) is 0 Å². The molecule has 0 aliphatic rings. The number of hydrogen-bond donors (Lipinski definition) is 1. The molecule has 102 valence electrons. The molecule has 5 heteroatoms. The molecule has 2 N–H and O–H groups in total. The Morgan fingerprint density at radius 2 is 2.21 bits per heavy atom. The van der Waals surface area contributed by atoms with E-state index in [4.69, 9.17) is 5.73 Å². The van der Waals surface area contributed by atoms with Crippen LogP contribution >= 0.6 is 23.3 Å². The molecule has 1 heterocycles. The predicted molar refractivity (Wildman–Crippen MR) is 81.9 cm³/mol. The van der Waals surface area contributed by atoms with Gasteiger partial charge in [0.1, 0.15) is 5.82 Å². The number of hydrogen-bond acceptors (Lipinski definition) is 5. The van der Waals surface area contributed by atoms with Crippen LogP contribution in [0.3, 0.4) is 0 Å². The van der Waals surface area contributed by atoms with Crippen molar-refractivity contribution in [3.05, 3.63) is 35.2 Å². The average Bonchev–Trinajstić information content (AvgIpc) is 2.80. The van der Waals surface area contributed by atoms with Gasteiger partial charge in [-0.05, 0) is 43.4 Å². The third-order valence-electron chi connectivity index (χ3n) is 2.72. The number of aryl methyl sites for hydroxylation is 2. The molecule has 0 radical (unpaired) electrons. The highest BCUT2D eigenvalue weighted by atomic mass is 32.2. The summed E-state index contributed by atoms with van der Waals surface area (Å²) in [5.41, 5.74) is 8.50. The fourth-order valence-corrected chi connectivity index (χ4v) is 3.61. The number of nitrogens with zero attached hydrogens (tertiary/aromatic N) is 2. The zero-order chi connectivity index (χ0) is 13.8. The molecule has 0 amide bonds. The molecular weight excluding hydrogens is 274 g/mol. The van der Waals surface area contributed by atoms with Gasteiger partial charge in [0, 0.05) is 17.4 Å². The van der Waals surface area contributed by atoms with Gasteiger partial charge in [-0.25, -0.2) is 4.98 Å². The first-order chi connectivity index (χ1) is 9.08. The third-order valence-corrected chi connectivity index (χ3v) is 4.63. The fourth-order valence-electron chi connectivity index (χ4n) is 1.83. The number of benzene rings is 1. The van der Waals surface area contributed by atoms with Gasteiger partial charge in [-0.15, -0.1) is 0 Å². The van der Waals surface area contributed by atoms with E-state index in [1.165, 1.54) is 27.6 Å². The van der Waals surface area contributed by atoms with Crippen molar-refractivity contribution in [2.24, 2.45) is 5.73 Å². The van der Waals surface area contributed by atoms with Gasteiger partial charge < -0.3 is 5.73 Å². The van der Waals surface area contributed by atoms with E-state index in [1.807, 2.05) is 6.92 Å². The Kier molecular flexibility index (Phi) is 4.96. The number of rotatable bonds is 5. The lowest BCUT2D eigenvalue weighted by molar-refractivity contribution is 0.729. The molecule has 0 fully saturated rings. The molecule has 1 aromatic heterocycles. The van der Waals surface area contributed by atoms with E-state index in [0.717, 1.165) is 23.0 Å². The van der Waals surface area contributed by atoms with E-state index < -0.39 is 0 Å². The topological polar surface area (TPSA) is 51.8 Å². The van der Waals surface area contributed by atoms with E-state index in [9.17, 15) is 0 Å². The number of aromatic nitrogens is 2. The van der Waals surface area contributed by atoms with Crippen LogP contribution in [-0.4, -0.2) is 15.4 Å². The molecule has 1 atom stereocenters. The van der Waals surface area contributed by atoms with Crippen LogP contribution in [0.1, 0.15) is 30.8 Å². The second kappa shape index (κ2) is 6.50. The standard InChI is InChI=1S/C14H19N3S2/c1-4-13-16-14(19-17-13)18-12-6-5-9(2)7-11(12)8-10(3)15/h5-7,10H,4,8,15H2,1-3H3. The van der Waals surface area contributed by atoms with Gasteiger partial charge in [0.15, 0.2) is 4.34 Å². The van der Waals surface area contributed by atoms with Gasteiger partial charge in [-0.1, -0.05) is 36.4 Å². The first-order valence-corrected chi connectivity index (χ1v) is 8.03. The van der Waals surface area contributed by atoms with Gasteiger partial charge in [-0.2, -0.15) is 4.37 Å². The van der Waals surface area contributed by atoms with Crippen LogP contribution in [0.2, 0.25) is 0 Å². The molecule has 3 nitrogen and oxygen atoms in total. The van der Waals surface area contributed by atoms with Gasteiger partial charge in [0.05, 0.1) is 0 Å². The van der Waals surface area contributed by atoms with Crippen molar-refractivity contribution >= 4 is 23.3 Å². The molecule has 0 aliphatic carbocycles. The fraction of sp³-hybridized carbons (Fsp3) is 0.429. The minimum Gasteiger partial charge on any atom is -0.328 e. The van der Waals surface area contributed by atoms with Crippen molar-refractivity contribution in [1.82, 2.24) is 9.36 Å². The van der Waals surface area contributed by atoms with Gasteiger partial charge >= 0.3 is 0 Å². The van der Waals surface area contributed by atoms with Crippen LogP contribution < -0.4 is 5.73 Å². The van der Waals surface area contributed by atoms with E-state index in [2.05, 4.69) is 41.4 Å². The van der Waals surface area contributed by atoms with Gasteiger partial charge in [-0.3, -0.25) is 0 Å². The average molecular weight is 293 g/mol. The molecule has 0 aliphatic heterocycles. The van der Waals surface area contributed by atoms with Crippen molar-refractivity contribution < 1.29 is 0 Å². The molecule has 0 saturated heterocycles. The minimum absolute atomic E-state index is 0.168. The molecule has 1 aromatic carbocycles. The summed E-state index contributed by atoms with van der Waals surface area (Å²) < 4.78 is 5.33. The first-order valence-electron chi connectivity index (χ1n) is 6.44. The van der Waals surface area contributed by atoms with Crippen molar-refractivity contribution in [3.63, 3.8) is 0 Å². The molecule has 2 rings (SSSR count). The highest BCUT2D eigenvalue weighted by molar-refractivity contribution is 8.01. The predicted octanol–water partition coefficient (Wildman–Crippen LogP) is 3.45. The lowest BCUT2D eigenvalue weighted by Gasteiger charge is -2.11. The molecule has 1 unspecified atom stereocenters. The zero-order valence-corrected chi connectivity index (χ0v) is 13.1. The Hall–Kier alpha value is -0.910. The Morgan fingerprint density at radius 3 is 2.84 bits per heavy atom. The highest BCUT2D eigenvalue weighted by Crippen LogP contribution is 2.32. The Bertz CT molecular complexity index is 549. The molecule has 0 bridgehead atoms. The van der Waals surface area contributed by atoms with Gasteiger partial charge in [0.25, 0.3) is 0 Å². The minimum atomic E-state index is 0.168. The molecule has 0 saturated carbocycles. The zero-order valence-electron chi connectivity index (χ0n) is 11.5. The molecular formula is C14H19N3S2. The summed E-state index contributed by atoms with van der Waals surface area (Å²) in [6.45, 7) is 6.22. The third kappa shape index (κ3) is 4.03. The SMILES string of the molecule is CCc1nsc(Sc2ccc(C)cc2CC(C)N)n1. The van der Waals surface area contributed by atoms with Crippen molar-refractivity contribution in [3.8, 4) is 0 Å². The maximum Gasteiger partial charge on any atom is 0.174 e. The van der Waals surface area contributed by atoms with Crippen LogP contribution in [-0.2, 0) is 12.8 Å². The summed E-state index contributed by atoms with van der Waals surface area (Å²) in [5, 5.41) is 0. The molecule has 19 heavy (non-hydrogen) atoms. The van der Waals surface area contributed by atoms with Crippen LogP contribution in [0, 0.1) is 6.92 Å². The van der Waals surface area contributed by atoms with E-state index in [0.29, 0.717) is 0 Å². The highest BCUT2D eigenvalue weighted by Gasteiger charge is 2.10. The van der Waals surface area contributed by atoms with Crippen molar-refractivity contribution in [2.45, 2.75) is 48.9 Å². The molecule has 0 spiro atoms. The summed E-state index contributed by atoms with van der Waals surface area (Å²) in [4.78, 5) is 5.74. The van der Waals surface area contributed by atoms with Crippen LogP contribution in [0.4, 0.5) is 0 Å². The van der Waals surface area contributed by atoms with E-state index >= 15 is 0 Å². The van der Waals surface area contributed by atoms with Crippen LogP contribution in [0.15, 0.2) is 27.4 Å². The lowest BCUT2D eigenvalue weighted by Crippen LogP contribution is -2.18. The summed E-state index contributed by atoms with van der Waals surface area (Å²) in [7, 11) is 0. The Morgan fingerprint density at radius 1 is 1.42 bits per heavy atom. The second-order valence-corrected chi connectivity index (χ2v) is 6.77. The maximum atomic E-state index is 5.93. The van der Waals surface area contributed by atoms with Crippen molar-refractivity contribution in [2.75, 3.05) is 0 Å². The molecule has 2 aromatic rings. The lowest BCUT2D eigenvalue weighted by atomic mass is 10.1. The van der Waals surface area contributed by atoms with Crippen LogP contribution in [0.5, 0.6) is 0 Å². The monoisotopic (exact) mass is 293 g/mol. The summed E-state index contributed by atoms with van der Waals surface area (Å²) in [6, 6.07) is 6.68. The first kappa shape index (κ1) is 14.5. The summed E-state index contributed by atoms with van der Waals surface area (Å²) >= 11 is 3.16. The summed E-state index contributed by atoms with van der Waals surface area (Å²) in [6.07, 6.45) is 1.78. The van der Waals surface area contributed by atoms with Gasteiger partial charge in [0.2, 0.25) is 0 Å². The number of nitrogens with two attached hydrogens (primary N) is 1. The largest absolute Gasteiger partial charge is 0.328 e. The Labute approximate surface area is 122 Å². The summed E-state index contributed by atoms with van der Waals surface area (Å²) in [5.74, 6) is 0.924. The van der Waals surface area contributed by atoms with E-state index in [-0.39, 0.29) is 6.04 Å². The maximum absolute atomic E-state index is 5.93. The van der Waals surface area contributed by atoms with E-state index in [1.54, 1.807) is 11.8 Å². The quantitative estimate of drug-likeness (QED) is 0.917. The smallest absolute Gasteiger partial charge is 0.174 e. The van der Waals surface area contributed by atoms with Crippen molar-refractivity contribution in [1.29, 1.82) is 0 Å². The Balaban J connectivity index is 2.23.